The SMILES string of the molecule is CCC(=O)C1CN(C2CCN(C3CC4(CCC(C(=O)C(C)C)CC4)C3)CC2)C1. The molecule has 0 aromatic heterocycles. The summed E-state index contributed by atoms with van der Waals surface area (Å²) in [7, 11) is 0. The number of carbonyl (C=O) groups is 2. The first-order valence-electron chi connectivity index (χ1n) is 12.0. The highest BCUT2D eigenvalue weighted by molar-refractivity contribution is 5.83. The molecule has 158 valence electrons. The Hall–Kier alpha value is -0.740. The van der Waals surface area contributed by atoms with Crippen LogP contribution in [0.5, 0.6) is 0 Å². The van der Waals surface area contributed by atoms with Crippen LogP contribution in [0, 0.1) is 23.2 Å². The van der Waals surface area contributed by atoms with Crippen molar-refractivity contribution in [1.29, 1.82) is 0 Å². The van der Waals surface area contributed by atoms with E-state index in [2.05, 4.69) is 23.6 Å². The van der Waals surface area contributed by atoms with E-state index in [4.69, 9.17) is 0 Å². The normalized spacial score (nSPS) is 35.7. The largest absolute Gasteiger partial charge is 0.300 e. The Balaban J connectivity index is 1.16. The summed E-state index contributed by atoms with van der Waals surface area (Å²) in [4.78, 5) is 29.4. The highest BCUT2D eigenvalue weighted by atomic mass is 16.1. The Morgan fingerprint density at radius 3 is 2.04 bits per heavy atom. The van der Waals surface area contributed by atoms with Crippen LogP contribution in [-0.2, 0) is 9.59 Å². The molecule has 2 saturated heterocycles. The zero-order valence-electron chi connectivity index (χ0n) is 18.3. The van der Waals surface area contributed by atoms with Crippen LogP contribution in [0.15, 0.2) is 0 Å². The van der Waals surface area contributed by atoms with Crippen LogP contribution in [0.1, 0.15) is 78.6 Å². The Morgan fingerprint density at radius 1 is 0.893 bits per heavy atom. The van der Waals surface area contributed by atoms with Crippen LogP contribution >= 0.6 is 0 Å². The second-order valence-electron chi connectivity index (χ2n) is 10.6. The number of Topliss-reactive ketones (excluding diaryl/α,β-unsaturated/α-hetero) is 2. The van der Waals surface area contributed by atoms with E-state index in [0.717, 1.165) is 32.0 Å². The van der Waals surface area contributed by atoms with Gasteiger partial charge in [0.1, 0.15) is 11.6 Å². The van der Waals surface area contributed by atoms with Crippen molar-refractivity contribution < 1.29 is 9.59 Å². The fraction of sp³-hybridized carbons (Fsp3) is 0.917. The summed E-state index contributed by atoms with van der Waals surface area (Å²) in [6.45, 7) is 10.6. The van der Waals surface area contributed by atoms with E-state index in [1.54, 1.807) is 0 Å². The molecule has 2 saturated carbocycles. The van der Waals surface area contributed by atoms with Crippen molar-refractivity contribution in [1.82, 2.24) is 9.80 Å². The maximum Gasteiger partial charge on any atom is 0.138 e. The van der Waals surface area contributed by atoms with E-state index in [9.17, 15) is 9.59 Å². The van der Waals surface area contributed by atoms with Crippen LogP contribution in [0.4, 0.5) is 0 Å². The van der Waals surface area contributed by atoms with Crippen molar-refractivity contribution >= 4 is 11.6 Å². The van der Waals surface area contributed by atoms with Gasteiger partial charge in [-0.15, -0.1) is 0 Å². The molecule has 4 heteroatoms. The van der Waals surface area contributed by atoms with Gasteiger partial charge in [0, 0.05) is 49.3 Å². The van der Waals surface area contributed by atoms with Crippen molar-refractivity contribution in [2.75, 3.05) is 26.2 Å². The molecule has 4 nitrogen and oxygen atoms in total. The van der Waals surface area contributed by atoms with E-state index in [1.165, 1.54) is 51.6 Å². The molecule has 4 fully saturated rings. The lowest BCUT2D eigenvalue weighted by Crippen LogP contribution is -2.59. The van der Waals surface area contributed by atoms with Crippen molar-refractivity contribution in [3.05, 3.63) is 0 Å². The monoisotopic (exact) mass is 388 g/mol. The second-order valence-corrected chi connectivity index (χ2v) is 10.6. The summed E-state index contributed by atoms with van der Waals surface area (Å²) in [5, 5.41) is 0. The molecule has 2 aliphatic heterocycles. The molecule has 2 aliphatic carbocycles. The maximum atomic E-state index is 12.3. The number of hydrogen-bond acceptors (Lipinski definition) is 4. The molecular weight excluding hydrogens is 348 g/mol. The van der Waals surface area contributed by atoms with Crippen molar-refractivity contribution in [2.24, 2.45) is 23.2 Å². The number of rotatable bonds is 6. The summed E-state index contributed by atoms with van der Waals surface area (Å²) >= 11 is 0. The highest BCUT2D eigenvalue weighted by Crippen LogP contribution is 2.54. The second kappa shape index (κ2) is 8.18. The quantitative estimate of drug-likeness (QED) is 0.691. The molecule has 0 radical (unpaired) electrons. The molecule has 28 heavy (non-hydrogen) atoms. The first-order valence-corrected chi connectivity index (χ1v) is 12.0. The zero-order valence-corrected chi connectivity index (χ0v) is 18.3. The van der Waals surface area contributed by atoms with E-state index in [1.807, 2.05) is 6.92 Å². The van der Waals surface area contributed by atoms with Gasteiger partial charge in [0.2, 0.25) is 0 Å². The Kier molecular flexibility index (Phi) is 6.00. The molecule has 0 bridgehead atoms. The van der Waals surface area contributed by atoms with Gasteiger partial charge in [-0.1, -0.05) is 20.8 Å². The number of nitrogens with zero attached hydrogens (tertiary/aromatic N) is 2. The molecule has 0 atom stereocenters. The zero-order chi connectivity index (χ0) is 19.9. The summed E-state index contributed by atoms with van der Waals surface area (Å²) in [6.07, 6.45) is 10.8. The molecule has 0 aromatic rings. The predicted molar refractivity (Wildman–Crippen MR) is 112 cm³/mol. The third kappa shape index (κ3) is 3.96. The van der Waals surface area contributed by atoms with Gasteiger partial charge >= 0.3 is 0 Å². The molecule has 4 rings (SSSR count). The number of likely N-dealkylation sites (tertiary alicyclic amines) is 2. The van der Waals surface area contributed by atoms with Gasteiger partial charge < -0.3 is 4.90 Å². The smallest absolute Gasteiger partial charge is 0.138 e. The van der Waals surface area contributed by atoms with Gasteiger partial charge in [0.05, 0.1) is 0 Å². The topological polar surface area (TPSA) is 40.6 Å². The number of piperidine rings is 1. The lowest BCUT2D eigenvalue weighted by molar-refractivity contribution is -0.129. The lowest BCUT2D eigenvalue weighted by Gasteiger charge is -2.56. The number of carbonyl (C=O) groups excluding carboxylic acids is 2. The van der Waals surface area contributed by atoms with Crippen LogP contribution in [0.3, 0.4) is 0 Å². The summed E-state index contributed by atoms with van der Waals surface area (Å²) in [6, 6.07) is 1.51. The molecule has 0 amide bonds. The predicted octanol–water partition coefficient (Wildman–Crippen LogP) is 3.93. The lowest BCUT2D eigenvalue weighted by atomic mass is 9.56. The Bertz CT molecular complexity index is 571. The fourth-order valence-corrected chi connectivity index (χ4v) is 6.51. The Labute approximate surface area is 171 Å². The third-order valence-electron chi connectivity index (χ3n) is 8.60. The third-order valence-corrected chi connectivity index (χ3v) is 8.60. The molecule has 0 unspecified atom stereocenters. The molecule has 4 aliphatic rings. The summed E-state index contributed by atoms with van der Waals surface area (Å²) in [5.74, 6) is 1.84. The highest BCUT2D eigenvalue weighted by Gasteiger charge is 2.49. The average Bonchev–Trinajstić information content (AvgIpc) is 2.65. The van der Waals surface area contributed by atoms with Crippen molar-refractivity contribution in [3.8, 4) is 0 Å². The van der Waals surface area contributed by atoms with Gasteiger partial charge in [-0.3, -0.25) is 14.5 Å². The van der Waals surface area contributed by atoms with E-state index in [-0.39, 0.29) is 5.92 Å². The van der Waals surface area contributed by atoms with Crippen LogP contribution < -0.4 is 0 Å². The van der Waals surface area contributed by atoms with Crippen molar-refractivity contribution in [2.45, 2.75) is 90.6 Å². The molecular formula is C24H40N2O2. The fourth-order valence-electron chi connectivity index (χ4n) is 6.51. The maximum absolute atomic E-state index is 12.3. The van der Waals surface area contributed by atoms with Gasteiger partial charge in [-0.05, 0) is 69.9 Å². The summed E-state index contributed by atoms with van der Waals surface area (Å²) < 4.78 is 0. The molecule has 0 aromatic carbocycles. The Morgan fingerprint density at radius 2 is 1.50 bits per heavy atom. The van der Waals surface area contributed by atoms with Crippen LogP contribution in [-0.4, -0.2) is 59.6 Å². The minimum atomic E-state index is 0.205. The van der Waals surface area contributed by atoms with Crippen molar-refractivity contribution in [3.63, 3.8) is 0 Å². The van der Waals surface area contributed by atoms with E-state index in [0.29, 0.717) is 41.3 Å². The molecule has 2 heterocycles. The minimum Gasteiger partial charge on any atom is -0.300 e. The molecule has 1 spiro atoms. The number of ketones is 2. The van der Waals surface area contributed by atoms with Gasteiger partial charge in [-0.25, -0.2) is 0 Å². The van der Waals surface area contributed by atoms with E-state index < -0.39 is 0 Å². The van der Waals surface area contributed by atoms with Crippen LogP contribution in [0.25, 0.3) is 0 Å². The molecule has 0 N–H and O–H groups in total. The first kappa shape index (κ1) is 20.5. The van der Waals surface area contributed by atoms with E-state index >= 15 is 0 Å². The standard InChI is InChI=1S/C24H40N2O2/c1-4-22(27)19-15-26(16-19)20-7-11-25(12-8-20)21-13-24(14-21)9-5-18(6-10-24)23(28)17(2)3/h17-21H,4-16H2,1-3H3. The number of hydrogen-bond donors (Lipinski definition) is 0. The average molecular weight is 389 g/mol. The summed E-state index contributed by atoms with van der Waals surface area (Å²) in [5.41, 5.74) is 0.570. The van der Waals surface area contributed by atoms with Gasteiger partial charge in [0.25, 0.3) is 0 Å². The minimum absolute atomic E-state index is 0.205. The van der Waals surface area contributed by atoms with Gasteiger partial charge in [0.15, 0.2) is 0 Å². The van der Waals surface area contributed by atoms with Gasteiger partial charge in [-0.2, -0.15) is 0 Å². The first-order chi connectivity index (χ1) is 13.4. The van der Waals surface area contributed by atoms with Crippen LogP contribution in [0.2, 0.25) is 0 Å².